The highest BCUT2D eigenvalue weighted by atomic mass is 19.1. The molecule has 0 saturated carbocycles. The number of ether oxygens (including phenoxy) is 1. The number of halogens is 1. The SMILES string of the molecule is COC(=O)CN1CCC(NCC(c2cccc(F)c2)N(C)C)CC1. The third-order valence-electron chi connectivity index (χ3n) is 4.62. The lowest BCUT2D eigenvalue weighted by molar-refractivity contribution is -0.142. The van der Waals surface area contributed by atoms with Crippen LogP contribution in [0.15, 0.2) is 24.3 Å². The highest BCUT2D eigenvalue weighted by Crippen LogP contribution is 2.19. The first kappa shape index (κ1) is 18.8. The van der Waals surface area contributed by atoms with Crippen molar-refractivity contribution in [2.45, 2.75) is 24.9 Å². The molecule has 24 heavy (non-hydrogen) atoms. The number of methoxy groups -OCH3 is 1. The molecule has 1 saturated heterocycles. The maximum absolute atomic E-state index is 13.5. The smallest absolute Gasteiger partial charge is 0.319 e. The van der Waals surface area contributed by atoms with E-state index in [1.54, 1.807) is 12.1 Å². The number of hydrogen-bond acceptors (Lipinski definition) is 5. The predicted molar refractivity (Wildman–Crippen MR) is 92.3 cm³/mol. The zero-order valence-electron chi connectivity index (χ0n) is 14.8. The summed E-state index contributed by atoms with van der Waals surface area (Å²) in [5.74, 6) is -0.379. The molecule has 1 aromatic carbocycles. The fourth-order valence-corrected chi connectivity index (χ4v) is 3.13. The van der Waals surface area contributed by atoms with Gasteiger partial charge in [-0.3, -0.25) is 9.69 Å². The first-order chi connectivity index (χ1) is 11.5. The lowest BCUT2D eigenvalue weighted by atomic mass is 10.0. The second-order valence-electron chi connectivity index (χ2n) is 6.57. The molecule has 1 atom stereocenters. The van der Waals surface area contributed by atoms with E-state index in [-0.39, 0.29) is 17.8 Å². The lowest BCUT2D eigenvalue weighted by Crippen LogP contribution is -2.46. The summed E-state index contributed by atoms with van der Waals surface area (Å²) in [7, 11) is 5.44. The van der Waals surface area contributed by atoms with Gasteiger partial charge >= 0.3 is 5.97 Å². The van der Waals surface area contributed by atoms with Crippen LogP contribution in [0.1, 0.15) is 24.4 Å². The molecular formula is C18H28FN3O2. The van der Waals surface area contributed by atoms with Crippen LogP contribution < -0.4 is 5.32 Å². The maximum Gasteiger partial charge on any atom is 0.319 e. The van der Waals surface area contributed by atoms with E-state index in [1.165, 1.54) is 13.2 Å². The molecule has 1 aliphatic heterocycles. The largest absolute Gasteiger partial charge is 0.468 e. The quantitative estimate of drug-likeness (QED) is 0.767. The number of likely N-dealkylation sites (N-methyl/N-ethyl adjacent to an activating group) is 1. The summed E-state index contributed by atoms with van der Waals surface area (Å²) in [5, 5.41) is 3.60. The van der Waals surface area contributed by atoms with Crippen LogP contribution >= 0.6 is 0 Å². The number of carbonyl (C=O) groups is 1. The second kappa shape index (κ2) is 9.11. The zero-order valence-corrected chi connectivity index (χ0v) is 14.8. The monoisotopic (exact) mass is 337 g/mol. The number of rotatable bonds is 7. The van der Waals surface area contributed by atoms with Gasteiger partial charge in [-0.05, 0) is 44.6 Å². The summed E-state index contributed by atoms with van der Waals surface area (Å²) < 4.78 is 18.2. The molecule has 1 unspecified atom stereocenters. The van der Waals surface area contributed by atoms with Crippen LogP contribution in [0.5, 0.6) is 0 Å². The Morgan fingerprint density at radius 1 is 1.42 bits per heavy atom. The zero-order chi connectivity index (χ0) is 17.5. The number of nitrogens with zero attached hydrogens (tertiary/aromatic N) is 2. The Balaban J connectivity index is 1.82. The van der Waals surface area contributed by atoms with Crippen LogP contribution in [0, 0.1) is 5.82 Å². The Hall–Kier alpha value is -1.50. The molecule has 0 bridgehead atoms. The number of esters is 1. The van der Waals surface area contributed by atoms with Crippen LogP contribution in [0.3, 0.4) is 0 Å². The molecule has 0 radical (unpaired) electrons. The van der Waals surface area contributed by atoms with Crippen molar-refractivity contribution in [1.82, 2.24) is 15.1 Å². The summed E-state index contributed by atoms with van der Waals surface area (Å²) in [5.41, 5.74) is 0.982. The van der Waals surface area contributed by atoms with Crippen molar-refractivity contribution in [3.05, 3.63) is 35.6 Å². The molecule has 1 fully saturated rings. The Morgan fingerprint density at radius 2 is 2.12 bits per heavy atom. The van der Waals surface area contributed by atoms with Crippen LogP contribution in [-0.4, -0.2) is 69.2 Å². The Kier molecular flexibility index (Phi) is 7.15. The van der Waals surface area contributed by atoms with Gasteiger partial charge in [-0.2, -0.15) is 0 Å². The van der Waals surface area contributed by atoms with Crippen molar-refractivity contribution in [3.63, 3.8) is 0 Å². The molecule has 134 valence electrons. The molecule has 1 heterocycles. The highest BCUT2D eigenvalue weighted by Gasteiger charge is 2.22. The number of hydrogen-bond donors (Lipinski definition) is 1. The van der Waals surface area contributed by atoms with Crippen LogP contribution in [-0.2, 0) is 9.53 Å². The van der Waals surface area contributed by atoms with Crippen molar-refractivity contribution < 1.29 is 13.9 Å². The van der Waals surface area contributed by atoms with Gasteiger partial charge in [0.15, 0.2) is 0 Å². The van der Waals surface area contributed by atoms with Crippen molar-refractivity contribution in [2.24, 2.45) is 0 Å². The molecule has 1 aliphatic rings. The van der Waals surface area contributed by atoms with E-state index in [0.717, 1.165) is 38.0 Å². The second-order valence-corrected chi connectivity index (χ2v) is 6.57. The number of nitrogens with one attached hydrogen (secondary N) is 1. The minimum Gasteiger partial charge on any atom is -0.468 e. The average molecular weight is 337 g/mol. The number of benzene rings is 1. The van der Waals surface area contributed by atoms with E-state index in [1.807, 2.05) is 20.2 Å². The molecule has 1 aromatic rings. The molecular weight excluding hydrogens is 309 g/mol. The van der Waals surface area contributed by atoms with Gasteiger partial charge < -0.3 is 15.0 Å². The summed E-state index contributed by atoms with van der Waals surface area (Å²) in [6.45, 7) is 2.92. The summed E-state index contributed by atoms with van der Waals surface area (Å²) in [4.78, 5) is 15.6. The molecule has 0 aromatic heterocycles. The molecule has 0 amide bonds. The first-order valence-corrected chi connectivity index (χ1v) is 8.44. The van der Waals surface area contributed by atoms with E-state index < -0.39 is 0 Å². The van der Waals surface area contributed by atoms with Gasteiger partial charge in [0.2, 0.25) is 0 Å². The van der Waals surface area contributed by atoms with Crippen LogP contribution in [0.4, 0.5) is 4.39 Å². The van der Waals surface area contributed by atoms with Gasteiger partial charge in [0, 0.05) is 31.7 Å². The van der Waals surface area contributed by atoms with Crippen LogP contribution in [0.25, 0.3) is 0 Å². The van der Waals surface area contributed by atoms with Crippen LogP contribution in [0.2, 0.25) is 0 Å². The Bertz CT molecular complexity index is 531. The standard InChI is InChI=1S/C18H28FN3O2/c1-21(2)17(14-5-4-6-15(19)11-14)12-20-16-7-9-22(10-8-16)13-18(23)24-3/h4-6,11,16-17,20H,7-10,12-13H2,1-3H3. The maximum atomic E-state index is 13.5. The predicted octanol–water partition coefficient (Wildman–Crippen LogP) is 1.66. The number of piperidine rings is 1. The van der Waals surface area contributed by atoms with Crippen molar-refractivity contribution in [2.75, 3.05) is 47.4 Å². The van der Waals surface area contributed by atoms with E-state index in [9.17, 15) is 9.18 Å². The number of carbonyl (C=O) groups excluding carboxylic acids is 1. The van der Waals surface area contributed by atoms with Gasteiger partial charge in [0.25, 0.3) is 0 Å². The normalized spacial score (nSPS) is 17.9. The van der Waals surface area contributed by atoms with E-state index in [0.29, 0.717) is 12.6 Å². The highest BCUT2D eigenvalue weighted by molar-refractivity contribution is 5.71. The summed E-state index contributed by atoms with van der Waals surface area (Å²) >= 11 is 0. The van der Waals surface area contributed by atoms with Gasteiger partial charge in [-0.25, -0.2) is 4.39 Å². The van der Waals surface area contributed by atoms with E-state index in [2.05, 4.69) is 15.1 Å². The van der Waals surface area contributed by atoms with Gasteiger partial charge in [-0.1, -0.05) is 12.1 Å². The molecule has 0 aliphatic carbocycles. The molecule has 6 heteroatoms. The molecule has 2 rings (SSSR count). The fraction of sp³-hybridized carbons (Fsp3) is 0.611. The van der Waals surface area contributed by atoms with Gasteiger partial charge in [0.1, 0.15) is 5.82 Å². The third kappa shape index (κ3) is 5.54. The van der Waals surface area contributed by atoms with Crippen molar-refractivity contribution in [3.8, 4) is 0 Å². The summed E-state index contributed by atoms with van der Waals surface area (Å²) in [6, 6.07) is 7.36. The fourth-order valence-electron chi connectivity index (χ4n) is 3.13. The Labute approximate surface area is 143 Å². The minimum atomic E-state index is -0.199. The molecule has 5 nitrogen and oxygen atoms in total. The minimum absolute atomic E-state index is 0.133. The average Bonchev–Trinajstić information content (AvgIpc) is 2.56. The molecule has 1 N–H and O–H groups in total. The van der Waals surface area contributed by atoms with Crippen molar-refractivity contribution >= 4 is 5.97 Å². The van der Waals surface area contributed by atoms with Gasteiger partial charge in [0.05, 0.1) is 13.7 Å². The van der Waals surface area contributed by atoms with Crippen molar-refractivity contribution in [1.29, 1.82) is 0 Å². The van der Waals surface area contributed by atoms with E-state index in [4.69, 9.17) is 4.74 Å². The molecule has 0 spiro atoms. The Morgan fingerprint density at radius 3 is 2.71 bits per heavy atom. The van der Waals surface area contributed by atoms with E-state index >= 15 is 0 Å². The number of likely N-dealkylation sites (tertiary alicyclic amines) is 1. The lowest BCUT2D eigenvalue weighted by Gasteiger charge is -2.33. The van der Waals surface area contributed by atoms with Gasteiger partial charge in [-0.15, -0.1) is 0 Å². The first-order valence-electron chi connectivity index (χ1n) is 8.44. The summed E-state index contributed by atoms with van der Waals surface area (Å²) in [6.07, 6.45) is 2.00. The third-order valence-corrected chi connectivity index (χ3v) is 4.62. The topological polar surface area (TPSA) is 44.8 Å².